The Kier molecular flexibility index (Phi) is 4.99. The largest absolute Gasteiger partial charge is 0.490 e. The van der Waals surface area contributed by atoms with Crippen LogP contribution in [-0.4, -0.2) is 39.5 Å². The first-order valence-corrected chi connectivity index (χ1v) is 9.56. The van der Waals surface area contributed by atoms with Crippen LogP contribution >= 0.6 is 11.5 Å². The lowest BCUT2D eigenvalue weighted by molar-refractivity contribution is -0.139. The monoisotopic (exact) mass is 422 g/mol. The minimum Gasteiger partial charge on any atom is -0.490 e. The summed E-state index contributed by atoms with van der Waals surface area (Å²) in [6, 6.07) is 4.97. The minimum absolute atomic E-state index is 0.180. The highest BCUT2D eigenvalue weighted by Crippen LogP contribution is 2.40. The summed E-state index contributed by atoms with van der Waals surface area (Å²) in [4.78, 5) is 14.4. The van der Waals surface area contributed by atoms with Gasteiger partial charge in [0.1, 0.15) is 17.0 Å². The van der Waals surface area contributed by atoms with Gasteiger partial charge in [0.25, 0.3) is 0 Å². The Bertz CT molecular complexity index is 1020. The fraction of sp³-hybridized carbons (Fsp3) is 0.333. The first kappa shape index (κ1) is 19.4. The molecule has 0 bridgehead atoms. The van der Waals surface area contributed by atoms with Crippen LogP contribution in [-0.2, 0) is 6.18 Å². The predicted octanol–water partition coefficient (Wildman–Crippen LogP) is 4.36. The highest BCUT2D eigenvalue weighted by molar-refractivity contribution is 7.09. The summed E-state index contributed by atoms with van der Waals surface area (Å²) >= 11 is 1.07. The maximum atomic E-state index is 13.2. The van der Waals surface area contributed by atoms with Gasteiger partial charge in [0.2, 0.25) is 5.13 Å². The highest BCUT2D eigenvalue weighted by Gasteiger charge is 2.37. The average molecular weight is 422 g/mol. The van der Waals surface area contributed by atoms with Crippen LogP contribution in [0, 0.1) is 0 Å². The number of nitrogens with one attached hydrogen (secondary N) is 1. The molecule has 29 heavy (non-hydrogen) atoms. The number of ether oxygens (including phenoxy) is 1. The molecule has 0 amide bonds. The van der Waals surface area contributed by atoms with Crippen molar-refractivity contribution in [1.29, 1.82) is 0 Å². The molecular formula is C18H17F3N6OS. The summed E-state index contributed by atoms with van der Waals surface area (Å²) in [7, 11) is 3.78. The summed E-state index contributed by atoms with van der Waals surface area (Å²) in [5, 5.41) is 3.54. The molecule has 0 saturated heterocycles. The van der Waals surface area contributed by atoms with Crippen molar-refractivity contribution < 1.29 is 17.9 Å². The second kappa shape index (κ2) is 7.47. The fourth-order valence-corrected chi connectivity index (χ4v) is 3.15. The van der Waals surface area contributed by atoms with Gasteiger partial charge in [-0.2, -0.15) is 22.5 Å². The fourth-order valence-electron chi connectivity index (χ4n) is 2.57. The molecule has 0 aliphatic heterocycles. The Morgan fingerprint density at radius 3 is 2.72 bits per heavy atom. The molecule has 3 heterocycles. The van der Waals surface area contributed by atoms with Crippen molar-refractivity contribution in [1.82, 2.24) is 19.3 Å². The van der Waals surface area contributed by atoms with Gasteiger partial charge in [0.15, 0.2) is 11.6 Å². The van der Waals surface area contributed by atoms with E-state index in [-0.39, 0.29) is 23.4 Å². The first-order valence-electron chi connectivity index (χ1n) is 8.78. The molecule has 11 heteroatoms. The number of aromatic nitrogens is 4. The van der Waals surface area contributed by atoms with Gasteiger partial charge < -0.3 is 15.0 Å². The number of hydrogen-bond acceptors (Lipinski definition) is 8. The molecule has 0 spiro atoms. The zero-order chi connectivity index (χ0) is 20.6. The van der Waals surface area contributed by atoms with E-state index in [4.69, 9.17) is 4.74 Å². The molecule has 152 valence electrons. The molecule has 1 N–H and O–H groups in total. The molecule has 0 radical (unpaired) electrons. The highest BCUT2D eigenvalue weighted by atomic mass is 32.1. The van der Waals surface area contributed by atoms with Crippen LogP contribution in [0.15, 0.2) is 30.6 Å². The lowest BCUT2D eigenvalue weighted by atomic mass is 10.2. The number of pyridine rings is 2. The van der Waals surface area contributed by atoms with Crippen LogP contribution in [0.5, 0.6) is 5.75 Å². The second-order valence-corrected chi connectivity index (χ2v) is 7.45. The molecule has 7 nitrogen and oxygen atoms in total. The standard InChI is InChI=1S/C18H17F3N6OS/c1-27(2)13-4-3-7-22-16(13)25-17-24-15(26-29-17)12-8-14(28-10-5-6-10)11(9-23-12)18(19,20)21/h3-4,7-10H,5-6H2,1-2H3,(H,22,24,25,26). The molecule has 1 fully saturated rings. The topological polar surface area (TPSA) is 76.1 Å². The Balaban J connectivity index is 1.61. The zero-order valence-corrected chi connectivity index (χ0v) is 16.4. The van der Waals surface area contributed by atoms with Crippen molar-refractivity contribution in [3.05, 3.63) is 36.2 Å². The van der Waals surface area contributed by atoms with Gasteiger partial charge in [-0.05, 0) is 25.0 Å². The zero-order valence-electron chi connectivity index (χ0n) is 15.6. The first-order chi connectivity index (χ1) is 13.8. The van der Waals surface area contributed by atoms with Gasteiger partial charge in [-0.3, -0.25) is 4.98 Å². The van der Waals surface area contributed by atoms with E-state index in [0.717, 1.165) is 36.3 Å². The van der Waals surface area contributed by atoms with Crippen molar-refractivity contribution in [2.75, 3.05) is 24.3 Å². The van der Waals surface area contributed by atoms with Gasteiger partial charge in [-0.15, -0.1) is 0 Å². The number of alkyl halides is 3. The number of nitrogens with zero attached hydrogens (tertiary/aromatic N) is 5. The third kappa shape index (κ3) is 4.39. The summed E-state index contributed by atoms with van der Waals surface area (Å²) in [6.45, 7) is 0. The van der Waals surface area contributed by atoms with Crippen LogP contribution < -0.4 is 15.0 Å². The van der Waals surface area contributed by atoms with Crippen molar-refractivity contribution in [2.24, 2.45) is 0 Å². The van der Waals surface area contributed by atoms with E-state index in [1.165, 1.54) is 6.07 Å². The van der Waals surface area contributed by atoms with E-state index >= 15 is 0 Å². The van der Waals surface area contributed by atoms with Gasteiger partial charge in [0.05, 0.1) is 11.8 Å². The van der Waals surface area contributed by atoms with Gasteiger partial charge >= 0.3 is 6.18 Å². The van der Waals surface area contributed by atoms with Crippen LogP contribution in [0.3, 0.4) is 0 Å². The number of rotatable bonds is 6. The molecule has 0 unspecified atom stereocenters. The maximum absolute atomic E-state index is 13.2. The molecule has 1 aliphatic carbocycles. The third-order valence-corrected chi connectivity index (χ3v) is 4.77. The number of halogens is 3. The Labute approximate surface area is 168 Å². The van der Waals surface area contributed by atoms with Gasteiger partial charge in [0, 0.05) is 44.1 Å². The van der Waals surface area contributed by atoms with E-state index < -0.39 is 11.7 Å². The average Bonchev–Trinajstić information content (AvgIpc) is 3.36. The van der Waals surface area contributed by atoms with Crippen molar-refractivity contribution in [3.8, 4) is 17.3 Å². The number of anilines is 3. The van der Waals surface area contributed by atoms with E-state index in [0.29, 0.717) is 10.9 Å². The summed E-state index contributed by atoms with van der Waals surface area (Å²) in [5.41, 5.74) is 0.176. The third-order valence-electron chi connectivity index (χ3n) is 4.14. The number of hydrogen-bond donors (Lipinski definition) is 1. The Hall–Kier alpha value is -2.95. The minimum atomic E-state index is -4.54. The van der Waals surface area contributed by atoms with Crippen LogP contribution in [0.4, 0.5) is 29.8 Å². The lowest BCUT2D eigenvalue weighted by Crippen LogP contribution is -2.11. The molecule has 3 aromatic heterocycles. The molecule has 0 atom stereocenters. The Morgan fingerprint density at radius 1 is 1.24 bits per heavy atom. The molecule has 3 aromatic rings. The molecule has 1 saturated carbocycles. The van der Waals surface area contributed by atoms with Gasteiger partial charge in [-0.1, -0.05) is 0 Å². The molecular weight excluding hydrogens is 405 g/mol. The second-order valence-electron chi connectivity index (χ2n) is 6.69. The van der Waals surface area contributed by atoms with Crippen molar-refractivity contribution in [3.63, 3.8) is 0 Å². The summed E-state index contributed by atoms with van der Waals surface area (Å²) in [6.07, 6.45) is -0.813. The van der Waals surface area contributed by atoms with Crippen LogP contribution in [0.25, 0.3) is 11.5 Å². The van der Waals surface area contributed by atoms with Crippen molar-refractivity contribution in [2.45, 2.75) is 25.1 Å². The summed E-state index contributed by atoms with van der Waals surface area (Å²) < 4.78 is 49.4. The normalized spacial score (nSPS) is 14.0. The Morgan fingerprint density at radius 2 is 2.03 bits per heavy atom. The summed E-state index contributed by atoms with van der Waals surface area (Å²) in [5.74, 6) is 0.571. The molecule has 1 aliphatic rings. The van der Waals surface area contributed by atoms with E-state index in [1.807, 2.05) is 31.1 Å². The van der Waals surface area contributed by atoms with E-state index in [9.17, 15) is 13.2 Å². The van der Waals surface area contributed by atoms with Gasteiger partial charge in [-0.25, -0.2) is 4.98 Å². The predicted molar refractivity (Wildman–Crippen MR) is 104 cm³/mol. The van der Waals surface area contributed by atoms with Crippen molar-refractivity contribution >= 4 is 28.2 Å². The molecule has 4 rings (SSSR count). The van der Waals surface area contributed by atoms with E-state index in [1.54, 1.807) is 6.20 Å². The molecule has 0 aromatic carbocycles. The lowest BCUT2D eigenvalue weighted by Gasteiger charge is -2.15. The SMILES string of the molecule is CN(C)c1cccnc1Nc1nc(-c2cc(OC3CC3)c(C(F)(F)F)cn2)ns1. The maximum Gasteiger partial charge on any atom is 0.421 e. The smallest absolute Gasteiger partial charge is 0.421 e. The van der Waals surface area contributed by atoms with E-state index in [2.05, 4.69) is 24.6 Å². The quantitative estimate of drug-likeness (QED) is 0.632. The van der Waals surface area contributed by atoms with Crippen LogP contribution in [0.1, 0.15) is 18.4 Å². The van der Waals surface area contributed by atoms with Crippen LogP contribution in [0.2, 0.25) is 0 Å².